The Balaban J connectivity index is 1.55. The number of carbonyl (C=O) groups excluding carboxylic acids is 1. The Kier molecular flexibility index (Phi) is 10.4. The predicted octanol–water partition coefficient (Wildman–Crippen LogP) is 5.99. The van der Waals surface area contributed by atoms with E-state index in [0.717, 1.165) is 38.2 Å². The van der Waals surface area contributed by atoms with Gasteiger partial charge < -0.3 is 20.8 Å². The van der Waals surface area contributed by atoms with Crippen molar-refractivity contribution < 1.29 is 28.6 Å². The van der Waals surface area contributed by atoms with Gasteiger partial charge in [-0.3, -0.25) is 9.59 Å². The van der Waals surface area contributed by atoms with Gasteiger partial charge in [-0.15, -0.1) is 0 Å². The van der Waals surface area contributed by atoms with Crippen molar-refractivity contribution in [2.24, 2.45) is 11.8 Å². The average Bonchev–Trinajstić information content (AvgIpc) is 2.95. The van der Waals surface area contributed by atoms with E-state index >= 15 is 0 Å². The number of halogens is 2. The number of carboxylic acid groups (broad SMARTS) is 1. The lowest BCUT2D eigenvalue weighted by atomic mass is 9.74. The number of aliphatic carboxylic acids is 1. The zero-order valence-corrected chi connectivity index (χ0v) is 25.1. The first kappa shape index (κ1) is 32.1. The highest BCUT2D eigenvalue weighted by Gasteiger charge is 2.37. The summed E-state index contributed by atoms with van der Waals surface area (Å²) in [5, 5.41) is 27.6. The maximum Gasteiger partial charge on any atom is 0.306 e. The van der Waals surface area contributed by atoms with Crippen LogP contribution in [-0.2, 0) is 27.0 Å². The molecule has 0 saturated heterocycles. The highest BCUT2D eigenvalue weighted by molar-refractivity contribution is 5.80. The summed E-state index contributed by atoms with van der Waals surface area (Å²) < 4.78 is 28.1. The second-order valence-corrected chi connectivity index (χ2v) is 13.4. The topological polar surface area (TPSA) is 98.7 Å². The molecule has 4 rings (SSSR count). The van der Waals surface area contributed by atoms with Crippen LogP contribution in [0.2, 0.25) is 0 Å². The molecule has 8 heteroatoms. The molecule has 6 nitrogen and oxygen atoms in total. The molecule has 0 aromatic heterocycles. The predicted molar refractivity (Wildman–Crippen MR) is 159 cm³/mol. The molecule has 2 aliphatic rings. The Morgan fingerprint density at radius 3 is 2.29 bits per heavy atom. The van der Waals surface area contributed by atoms with E-state index in [1.54, 1.807) is 0 Å². The number of nitrogens with one attached hydrogen (secondary N) is 2. The van der Waals surface area contributed by atoms with E-state index in [1.807, 2.05) is 0 Å². The standard InChI is InChI=1S/C34H46F2N2O4/c1-33(2,3)25-11-8-12-26(19-25)34(13-5-4-6-14-34)37-21-30(39)29(17-22-15-27(35)20-28(36)16-22)38-31(40)23-9-7-10-24(18-23)32(41)42/h8,11-12,15-16,19-20,23-24,29-30,37,39H,4-7,9-10,13-14,17-18,21H2,1-3H3,(H,38,40)(H,41,42). The summed E-state index contributed by atoms with van der Waals surface area (Å²) in [6.45, 7) is 6.73. The molecule has 2 saturated carbocycles. The highest BCUT2D eigenvalue weighted by Crippen LogP contribution is 2.39. The van der Waals surface area contributed by atoms with Crippen LogP contribution in [0.5, 0.6) is 0 Å². The molecule has 0 bridgehead atoms. The minimum absolute atomic E-state index is 0.0141. The fourth-order valence-corrected chi connectivity index (χ4v) is 6.67. The van der Waals surface area contributed by atoms with Gasteiger partial charge >= 0.3 is 5.97 Å². The van der Waals surface area contributed by atoms with Crippen molar-refractivity contribution in [3.8, 4) is 0 Å². The summed E-state index contributed by atoms with van der Waals surface area (Å²) in [7, 11) is 0. The normalized spacial score (nSPS) is 22.2. The van der Waals surface area contributed by atoms with Crippen LogP contribution in [0, 0.1) is 23.5 Å². The largest absolute Gasteiger partial charge is 0.481 e. The zero-order chi connectivity index (χ0) is 30.5. The smallest absolute Gasteiger partial charge is 0.306 e. The van der Waals surface area contributed by atoms with Gasteiger partial charge in [0, 0.05) is 24.1 Å². The van der Waals surface area contributed by atoms with Crippen LogP contribution < -0.4 is 10.6 Å². The number of hydrogen-bond donors (Lipinski definition) is 4. The number of aliphatic hydroxyl groups excluding tert-OH is 1. The molecule has 0 radical (unpaired) electrons. The van der Waals surface area contributed by atoms with E-state index in [0.29, 0.717) is 24.8 Å². The molecular weight excluding hydrogens is 538 g/mol. The lowest BCUT2D eigenvalue weighted by Gasteiger charge is -2.41. The molecule has 42 heavy (non-hydrogen) atoms. The Morgan fingerprint density at radius 1 is 0.976 bits per heavy atom. The molecule has 0 heterocycles. The van der Waals surface area contributed by atoms with Crippen molar-refractivity contribution in [3.05, 3.63) is 70.8 Å². The van der Waals surface area contributed by atoms with Gasteiger partial charge in [-0.25, -0.2) is 8.78 Å². The first-order valence-electron chi connectivity index (χ1n) is 15.4. The van der Waals surface area contributed by atoms with Crippen molar-refractivity contribution in [1.82, 2.24) is 10.6 Å². The highest BCUT2D eigenvalue weighted by atomic mass is 19.1. The number of carboxylic acids is 1. The Bertz CT molecular complexity index is 1220. The van der Waals surface area contributed by atoms with Gasteiger partial charge in [0.15, 0.2) is 0 Å². The minimum Gasteiger partial charge on any atom is -0.481 e. The van der Waals surface area contributed by atoms with Gasteiger partial charge in [0.05, 0.1) is 18.1 Å². The van der Waals surface area contributed by atoms with Crippen LogP contribution >= 0.6 is 0 Å². The minimum atomic E-state index is -1.05. The van der Waals surface area contributed by atoms with Gasteiger partial charge in [-0.05, 0) is 72.8 Å². The lowest BCUT2D eigenvalue weighted by molar-refractivity contribution is -0.144. The zero-order valence-electron chi connectivity index (χ0n) is 25.1. The molecule has 0 aliphatic heterocycles. The second kappa shape index (κ2) is 13.6. The van der Waals surface area contributed by atoms with Gasteiger partial charge in [0.1, 0.15) is 11.6 Å². The van der Waals surface area contributed by atoms with Gasteiger partial charge in [-0.1, -0.05) is 70.7 Å². The van der Waals surface area contributed by atoms with Gasteiger partial charge in [-0.2, -0.15) is 0 Å². The van der Waals surface area contributed by atoms with E-state index in [-0.39, 0.29) is 36.2 Å². The summed E-state index contributed by atoms with van der Waals surface area (Å²) in [5.41, 5.74) is 2.39. The fraction of sp³-hybridized carbons (Fsp3) is 0.588. The first-order chi connectivity index (χ1) is 19.9. The van der Waals surface area contributed by atoms with Crippen molar-refractivity contribution in [3.63, 3.8) is 0 Å². The molecule has 4 atom stereocenters. The van der Waals surface area contributed by atoms with Crippen molar-refractivity contribution in [2.75, 3.05) is 6.54 Å². The Morgan fingerprint density at radius 2 is 1.64 bits per heavy atom. The maximum absolute atomic E-state index is 14.0. The van der Waals surface area contributed by atoms with E-state index in [9.17, 15) is 28.6 Å². The second-order valence-electron chi connectivity index (χ2n) is 13.4. The van der Waals surface area contributed by atoms with E-state index in [1.165, 1.54) is 23.3 Å². The molecule has 2 aromatic carbocycles. The molecule has 0 spiro atoms. The number of aliphatic hydroxyl groups is 1. The Labute approximate surface area is 248 Å². The van der Waals surface area contributed by atoms with Gasteiger partial charge in [0.25, 0.3) is 0 Å². The molecule has 230 valence electrons. The van der Waals surface area contributed by atoms with E-state index in [4.69, 9.17) is 0 Å². The molecule has 4 N–H and O–H groups in total. The summed E-state index contributed by atoms with van der Waals surface area (Å²) in [5.74, 6) is -3.74. The van der Waals surface area contributed by atoms with E-state index < -0.39 is 41.6 Å². The van der Waals surface area contributed by atoms with Crippen LogP contribution in [-0.4, -0.2) is 40.8 Å². The molecule has 2 aromatic rings. The van der Waals surface area contributed by atoms with Crippen molar-refractivity contribution in [1.29, 1.82) is 0 Å². The number of benzene rings is 2. The fourth-order valence-electron chi connectivity index (χ4n) is 6.67. The third kappa shape index (κ3) is 8.16. The summed E-state index contributed by atoms with van der Waals surface area (Å²) in [4.78, 5) is 24.9. The Hall–Kier alpha value is -2.84. The summed E-state index contributed by atoms with van der Waals surface area (Å²) in [6, 6.07) is 11.0. The lowest BCUT2D eigenvalue weighted by Crippen LogP contribution is -2.54. The van der Waals surface area contributed by atoms with Crippen LogP contribution in [0.3, 0.4) is 0 Å². The molecule has 2 aliphatic carbocycles. The van der Waals surface area contributed by atoms with Crippen LogP contribution in [0.25, 0.3) is 0 Å². The number of rotatable bonds is 10. The quantitative estimate of drug-likeness (QED) is 0.275. The van der Waals surface area contributed by atoms with Crippen LogP contribution in [0.4, 0.5) is 8.78 Å². The summed E-state index contributed by atoms with van der Waals surface area (Å²) in [6.07, 6.45) is 6.04. The third-order valence-electron chi connectivity index (χ3n) is 9.20. The third-order valence-corrected chi connectivity index (χ3v) is 9.20. The molecule has 4 unspecified atom stereocenters. The van der Waals surface area contributed by atoms with Crippen molar-refractivity contribution in [2.45, 2.75) is 108 Å². The number of amides is 1. The number of hydrogen-bond acceptors (Lipinski definition) is 4. The summed E-state index contributed by atoms with van der Waals surface area (Å²) >= 11 is 0. The molecule has 1 amide bonds. The maximum atomic E-state index is 14.0. The van der Waals surface area contributed by atoms with Crippen molar-refractivity contribution >= 4 is 11.9 Å². The SMILES string of the molecule is CC(C)(C)c1cccc(C2(NCC(O)C(Cc3cc(F)cc(F)c3)NC(=O)C3CCCC(C(=O)O)C3)CCCCC2)c1. The van der Waals surface area contributed by atoms with E-state index in [2.05, 4.69) is 55.7 Å². The molecule has 2 fully saturated rings. The first-order valence-corrected chi connectivity index (χ1v) is 15.4. The monoisotopic (exact) mass is 584 g/mol. The van der Waals surface area contributed by atoms with Gasteiger partial charge in [0.2, 0.25) is 5.91 Å². The average molecular weight is 585 g/mol. The number of carbonyl (C=O) groups is 2. The molecular formula is C34H46F2N2O4. The van der Waals surface area contributed by atoms with Crippen LogP contribution in [0.1, 0.15) is 95.2 Å². The van der Waals surface area contributed by atoms with Crippen LogP contribution in [0.15, 0.2) is 42.5 Å².